The second-order valence-electron chi connectivity index (χ2n) is 5.15. The van der Waals surface area contributed by atoms with Gasteiger partial charge in [-0.1, -0.05) is 36.4 Å². The number of ether oxygens (including phenoxy) is 1. The molecule has 0 atom stereocenters. The summed E-state index contributed by atoms with van der Waals surface area (Å²) < 4.78 is 46.1. The molecule has 0 aliphatic rings. The molecule has 0 saturated heterocycles. The Kier molecular flexibility index (Phi) is 4.01. The summed E-state index contributed by atoms with van der Waals surface area (Å²) in [6, 6.07) is 12.4. The molecule has 0 fully saturated rings. The lowest BCUT2D eigenvalue weighted by molar-refractivity contribution is -0.141. The number of carbonyl (C=O) groups excluding carboxylic acids is 1. The number of fused-ring (bicyclic) bond motifs is 1. The summed E-state index contributed by atoms with van der Waals surface area (Å²) >= 11 is 0. The van der Waals surface area contributed by atoms with Crippen molar-refractivity contribution in [3.8, 4) is 11.3 Å². The Labute approximate surface area is 135 Å². The molecule has 0 unspecified atom stereocenters. The lowest BCUT2D eigenvalue weighted by Gasteiger charge is -2.09. The van der Waals surface area contributed by atoms with E-state index in [4.69, 9.17) is 0 Å². The number of alkyl halides is 3. The summed E-state index contributed by atoms with van der Waals surface area (Å²) in [4.78, 5) is 11.5. The van der Waals surface area contributed by atoms with Crippen molar-refractivity contribution in [3.05, 3.63) is 54.1 Å². The molecule has 0 bridgehead atoms. The molecule has 1 aromatic heterocycles. The Morgan fingerprint density at radius 1 is 1.12 bits per heavy atom. The first-order valence-corrected chi connectivity index (χ1v) is 7.11. The normalized spacial score (nSPS) is 11.7. The minimum absolute atomic E-state index is 0.0277. The second-order valence-corrected chi connectivity index (χ2v) is 5.15. The van der Waals surface area contributed by atoms with E-state index in [1.807, 2.05) is 0 Å². The Bertz CT molecular complexity index is 886. The smallest absolute Gasteiger partial charge is 0.417 e. The molecule has 4 nitrogen and oxygen atoms in total. The van der Waals surface area contributed by atoms with Gasteiger partial charge in [0.25, 0.3) is 0 Å². The van der Waals surface area contributed by atoms with Crippen LogP contribution in [-0.4, -0.2) is 22.9 Å². The molecular formula is C17H13F3N2O2. The van der Waals surface area contributed by atoms with Gasteiger partial charge in [-0.3, -0.25) is 9.48 Å². The third-order valence-corrected chi connectivity index (χ3v) is 3.64. The molecule has 1 heterocycles. The SMILES string of the molecule is COC(=O)Cn1nc(-c2ccccc2)c2c(C(F)(F)F)cccc21. The molecule has 124 valence electrons. The maximum atomic E-state index is 13.4. The van der Waals surface area contributed by atoms with Gasteiger partial charge in [0, 0.05) is 10.9 Å². The van der Waals surface area contributed by atoms with Gasteiger partial charge in [-0.15, -0.1) is 0 Å². The van der Waals surface area contributed by atoms with Gasteiger partial charge in [-0.25, -0.2) is 0 Å². The van der Waals surface area contributed by atoms with E-state index in [1.165, 1.54) is 23.9 Å². The van der Waals surface area contributed by atoms with Gasteiger partial charge in [-0.2, -0.15) is 18.3 Å². The fraction of sp³-hybridized carbons (Fsp3) is 0.176. The maximum Gasteiger partial charge on any atom is 0.417 e. The molecule has 0 aliphatic carbocycles. The first kappa shape index (κ1) is 16.0. The zero-order valence-electron chi connectivity index (χ0n) is 12.7. The zero-order valence-corrected chi connectivity index (χ0v) is 12.7. The number of nitrogens with zero attached hydrogens (tertiary/aromatic N) is 2. The van der Waals surface area contributed by atoms with Crippen molar-refractivity contribution in [2.24, 2.45) is 0 Å². The topological polar surface area (TPSA) is 44.1 Å². The average Bonchev–Trinajstić information content (AvgIpc) is 2.93. The molecular weight excluding hydrogens is 321 g/mol. The number of halogens is 3. The molecule has 3 rings (SSSR count). The summed E-state index contributed by atoms with van der Waals surface area (Å²) in [5, 5.41) is 4.21. The van der Waals surface area contributed by atoms with E-state index in [9.17, 15) is 18.0 Å². The van der Waals surface area contributed by atoms with Gasteiger partial charge in [0.15, 0.2) is 0 Å². The summed E-state index contributed by atoms with van der Waals surface area (Å²) in [6.07, 6.45) is -4.53. The van der Waals surface area contributed by atoms with Crippen molar-refractivity contribution < 1.29 is 22.7 Å². The predicted octanol–water partition coefficient (Wildman–Crippen LogP) is 3.90. The first-order valence-electron chi connectivity index (χ1n) is 7.11. The molecule has 0 spiro atoms. The van der Waals surface area contributed by atoms with Crippen LogP contribution in [0.2, 0.25) is 0 Å². The maximum absolute atomic E-state index is 13.4. The van der Waals surface area contributed by atoms with Crippen LogP contribution < -0.4 is 0 Å². The minimum atomic E-state index is -4.53. The lowest BCUT2D eigenvalue weighted by atomic mass is 10.0. The standard InChI is InChI=1S/C17H13F3N2O2/c1-24-14(23)10-22-13-9-5-8-12(17(18,19)20)15(13)16(21-22)11-6-3-2-4-7-11/h2-9H,10H2,1H3. The molecule has 0 aliphatic heterocycles. The van der Waals surface area contributed by atoms with Crippen LogP contribution in [0.3, 0.4) is 0 Å². The molecule has 2 aromatic carbocycles. The molecule has 3 aromatic rings. The van der Waals surface area contributed by atoms with Crippen molar-refractivity contribution in [1.29, 1.82) is 0 Å². The van der Waals surface area contributed by atoms with Gasteiger partial charge in [0.1, 0.15) is 12.2 Å². The van der Waals surface area contributed by atoms with Gasteiger partial charge in [-0.05, 0) is 12.1 Å². The van der Waals surface area contributed by atoms with Crippen LogP contribution in [0, 0.1) is 0 Å². The van der Waals surface area contributed by atoms with E-state index in [0.29, 0.717) is 5.56 Å². The van der Waals surface area contributed by atoms with Gasteiger partial charge in [0.05, 0.1) is 18.2 Å². The average molecular weight is 334 g/mol. The molecule has 0 amide bonds. The lowest BCUT2D eigenvalue weighted by Crippen LogP contribution is -2.12. The summed E-state index contributed by atoms with van der Waals surface area (Å²) in [5.41, 5.74) is 0.175. The van der Waals surface area contributed by atoms with Crippen molar-refractivity contribution >= 4 is 16.9 Å². The highest BCUT2D eigenvalue weighted by Gasteiger charge is 2.35. The van der Waals surface area contributed by atoms with Gasteiger partial charge < -0.3 is 4.74 Å². The summed E-state index contributed by atoms with van der Waals surface area (Å²) in [7, 11) is 1.22. The summed E-state index contributed by atoms with van der Waals surface area (Å²) in [5.74, 6) is -0.587. The number of hydrogen-bond acceptors (Lipinski definition) is 3. The molecule has 0 radical (unpaired) electrons. The van der Waals surface area contributed by atoms with Gasteiger partial charge in [0.2, 0.25) is 0 Å². The number of hydrogen-bond donors (Lipinski definition) is 0. The number of esters is 1. The Morgan fingerprint density at radius 3 is 2.46 bits per heavy atom. The second kappa shape index (κ2) is 5.99. The highest BCUT2D eigenvalue weighted by atomic mass is 19.4. The Balaban J connectivity index is 2.31. The van der Waals surface area contributed by atoms with Crippen LogP contribution in [0.1, 0.15) is 5.56 Å². The van der Waals surface area contributed by atoms with Crippen LogP contribution in [0.5, 0.6) is 0 Å². The number of benzene rings is 2. The van der Waals surface area contributed by atoms with E-state index < -0.39 is 17.7 Å². The molecule has 0 saturated carbocycles. The predicted molar refractivity (Wildman–Crippen MR) is 82.2 cm³/mol. The van der Waals surface area contributed by atoms with E-state index in [-0.39, 0.29) is 23.1 Å². The molecule has 0 N–H and O–H groups in total. The highest BCUT2D eigenvalue weighted by Crippen LogP contribution is 2.39. The van der Waals surface area contributed by atoms with E-state index in [0.717, 1.165) is 6.07 Å². The number of aromatic nitrogens is 2. The third-order valence-electron chi connectivity index (χ3n) is 3.64. The summed E-state index contributed by atoms with van der Waals surface area (Å²) in [6.45, 7) is -0.263. The van der Waals surface area contributed by atoms with Crippen molar-refractivity contribution in [1.82, 2.24) is 9.78 Å². The van der Waals surface area contributed by atoms with Crippen molar-refractivity contribution in [2.45, 2.75) is 12.7 Å². The Hall–Kier alpha value is -2.83. The quantitative estimate of drug-likeness (QED) is 0.683. The van der Waals surface area contributed by atoms with Crippen LogP contribution in [0.25, 0.3) is 22.2 Å². The van der Waals surface area contributed by atoms with Crippen LogP contribution in [0.4, 0.5) is 13.2 Å². The van der Waals surface area contributed by atoms with Crippen LogP contribution in [-0.2, 0) is 22.3 Å². The molecule has 7 heteroatoms. The fourth-order valence-corrected chi connectivity index (χ4v) is 2.57. The first-order chi connectivity index (χ1) is 11.4. The highest BCUT2D eigenvalue weighted by molar-refractivity contribution is 5.96. The van der Waals surface area contributed by atoms with Crippen molar-refractivity contribution in [2.75, 3.05) is 7.11 Å². The number of methoxy groups -OCH3 is 1. The fourth-order valence-electron chi connectivity index (χ4n) is 2.57. The largest absolute Gasteiger partial charge is 0.468 e. The van der Waals surface area contributed by atoms with E-state index in [1.54, 1.807) is 30.3 Å². The zero-order chi connectivity index (χ0) is 17.3. The monoisotopic (exact) mass is 334 g/mol. The van der Waals surface area contributed by atoms with E-state index >= 15 is 0 Å². The van der Waals surface area contributed by atoms with Crippen LogP contribution in [0.15, 0.2) is 48.5 Å². The Morgan fingerprint density at radius 2 is 1.83 bits per heavy atom. The number of carbonyl (C=O) groups is 1. The number of rotatable bonds is 3. The van der Waals surface area contributed by atoms with Gasteiger partial charge >= 0.3 is 12.1 Å². The molecule has 24 heavy (non-hydrogen) atoms. The minimum Gasteiger partial charge on any atom is -0.468 e. The van der Waals surface area contributed by atoms with Crippen molar-refractivity contribution in [3.63, 3.8) is 0 Å². The van der Waals surface area contributed by atoms with E-state index in [2.05, 4.69) is 9.84 Å². The third kappa shape index (κ3) is 2.84. The van der Waals surface area contributed by atoms with Crippen LogP contribution >= 0.6 is 0 Å².